The Balaban J connectivity index is 1.05. The number of carbonyl (C=O) groups is 2. The fourth-order valence-corrected chi connectivity index (χ4v) is 7.27. The van der Waals surface area contributed by atoms with Crippen molar-refractivity contribution in [3.63, 3.8) is 0 Å². The van der Waals surface area contributed by atoms with Crippen LogP contribution in [0.2, 0.25) is 0 Å². The fraction of sp³-hybridized carbons (Fsp3) is 0.526. The summed E-state index contributed by atoms with van der Waals surface area (Å²) in [6.45, 7) is 6.46. The minimum absolute atomic E-state index is 0.0733. The van der Waals surface area contributed by atoms with Gasteiger partial charge in [-0.15, -0.1) is 0 Å². The quantitative estimate of drug-likeness (QED) is 0.0990. The van der Waals surface area contributed by atoms with E-state index < -0.39 is 71.4 Å². The molecule has 280 valence electrons. The van der Waals surface area contributed by atoms with Crippen LogP contribution in [-0.2, 0) is 22.7 Å². The summed E-state index contributed by atoms with van der Waals surface area (Å²) >= 11 is 0. The number of nitrogens with zero attached hydrogens (tertiary/aromatic N) is 2. The van der Waals surface area contributed by atoms with Gasteiger partial charge in [0.25, 0.3) is 0 Å². The van der Waals surface area contributed by atoms with Crippen molar-refractivity contribution in [3.8, 4) is 22.4 Å². The molecule has 2 heterocycles. The van der Waals surface area contributed by atoms with Crippen molar-refractivity contribution < 1.29 is 37.4 Å². The van der Waals surface area contributed by atoms with Crippen LogP contribution in [-0.4, -0.2) is 65.0 Å². The van der Waals surface area contributed by atoms with Crippen molar-refractivity contribution >= 4 is 22.8 Å². The molecule has 0 bridgehead atoms. The van der Waals surface area contributed by atoms with Crippen LogP contribution in [0, 0.1) is 10.8 Å². The first-order chi connectivity index (χ1) is 24.2. The third-order valence-electron chi connectivity index (χ3n) is 11.6. The number of rotatable bonds is 10. The second-order valence-corrected chi connectivity index (χ2v) is 15.6. The Kier molecular flexibility index (Phi) is 9.57. The summed E-state index contributed by atoms with van der Waals surface area (Å²) in [5, 5.41) is 27.8. The summed E-state index contributed by atoms with van der Waals surface area (Å²) in [7, 11) is 0. The van der Waals surface area contributed by atoms with Crippen LogP contribution in [0.15, 0.2) is 48.7 Å². The maximum Gasteiger partial charge on any atom is 0.248 e. The number of imidazole rings is 2. The van der Waals surface area contributed by atoms with Crippen LogP contribution in [0.1, 0.15) is 90.7 Å². The van der Waals surface area contributed by atoms with E-state index >= 15 is 0 Å². The second kappa shape index (κ2) is 13.3. The number of nitrogens with one attached hydrogen (secondary N) is 4. The van der Waals surface area contributed by atoms with Crippen LogP contribution in [0.5, 0.6) is 0 Å². The Bertz CT molecular complexity index is 1930. The van der Waals surface area contributed by atoms with E-state index in [2.05, 4.69) is 30.6 Å². The predicted molar refractivity (Wildman–Crippen MR) is 187 cm³/mol. The SMILES string of the molecule is CC(C)(C(=O)NCc1ncc(-c2ccc(-c3ccc4nc(CNC(=O)C(C)(C)C5(O)CCC(F)(F)CC5)[nH]c4c3)cc2)[nH]1)C1(O)CCC(F)(F)CC1. The molecule has 6 N–H and O–H groups in total. The first-order valence-electron chi connectivity index (χ1n) is 17.6. The molecule has 10 nitrogen and oxygen atoms in total. The van der Waals surface area contributed by atoms with E-state index in [1.165, 1.54) is 0 Å². The van der Waals surface area contributed by atoms with E-state index in [0.29, 0.717) is 17.2 Å². The average Bonchev–Trinajstić information content (AvgIpc) is 3.75. The van der Waals surface area contributed by atoms with E-state index in [4.69, 9.17) is 0 Å². The lowest BCUT2D eigenvalue weighted by Crippen LogP contribution is -2.56. The summed E-state index contributed by atoms with van der Waals surface area (Å²) < 4.78 is 54.8. The highest BCUT2D eigenvalue weighted by molar-refractivity contribution is 5.85. The van der Waals surface area contributed by atoms with Gasteiger partial charge >= 0.3 is 0 Å². The molecule has 0 spiro atoms. The summed E-state index contributed by atoms with van der Waals surface area (Å²) in [5.41, 5.74) is -0.677. The molecule has 14 heteroatoms. The summed E-state index contributed by atoms with van der Waals surface area (Å²) in [4.78, 5) is 41.6. The molecule has 6 rings (SSSR count). The molecule has 2 amide bonds. The standard InChI is InChI=1S/C38H46F4N6O4/c1-33(2,35(51)11-15-37(39,40)16-12-35)31(49)44-21-29-43-20-28(48-29)24-7-5-23(6-8-24)25-9-10-26-27(19-25)47-30(46-26)22-45-32(50)34(3,4)36(52)13-17-38(41,42)18-14-36/h5-10,19-20,51-52H,11-18,21-22H2,1-4H3,(H,43,48)(H,44,49)(H,45,50)(H,46,47). The van der Waals surface area contributed by atoms with Gasteiger partial charge in [0.2, 0.25) is 23.7 Å². The monoisotopic (exact) mass is 726 g/mol. The number of H-pyrrole nitrogens is 2. The van der Waals surface area contributed by atoms with Gasteiger partial charge < -0.3 is 30.8 Å². The molecule has 4 aromatic rings. The zero-order chi connectivity index (χ0) is 37.7. The summed E-state index contributed by atoms with van der Waals surface area (Å²) in [6.07, 6.45) is -0.777. The third kappa shape index (κ3) is 7.32. The maximum atomic E-state index is 13.7. The number of halogens is 4. The molecule has 52 heavy (non-hydrogen) atoms. The minimum Gasteiger partial charge on any atom is -0.389 e. The molecular weight excluding hydrogens is 680 g/mol. The number of hydrogen-bond donors (Lipinski definition) is 6. The summed E-state index contributed by atoms with van der Waals surface area (Å²) in [6, 6.07) is 13.5. The topological polar surface area (TPSA) is 156 Å². The molecule has 2 aliphatic carbocycles. The largest absolute Gasteiger partial charge is 0.389 e. The van der Waals surface area contributed by atoms with Crippen LogP contribution in [0.4, 0.5) is 17.6 Å². The number of amides is 2. The first kappa shape index (κ1) is 37.5. The van der Waals surface area contributed by atoms with Crippen molar-refractivity contribution in [1.82, 2.24) is 30.6 Å². The molecular formula is C38H46F4N6O4. The molecule has 2 saturated carbocycles. The Morgan fingerprint density at radius 1 is 0.692 bits per heavy atom. The van der Waals surface area contributed by atoms with Gasteiger partial charge in [-0.2, -0.15) is 0 Å². The molecule has 0 unspecified atom stereocenters. The fourth-order valence-electron chi connectivity index (χ4n) is 7.27. The van der Waals surface area contributed by atoms with Gasteiger partial charge in [-0.05, 0) is 82.2 Å². The molecule has 2 aliphatic rings. The van der Waals surface area contributed by atoms with E-state index in [-0.39, 0.29) is 38.8 Å². The normalized spacial score (nSPS) is 19.7. The number of aliphatic hydroxyl groups is 2. The molecule has 2 fully saturated rings. The van der Waals surface area contributed by atoms with Crippen LogP contribution < -0.4 is 10.6 Å². The number of alkyl halides is 4. The number of fused-ring (bicyclic) bond motifs is 1. The highest BCUT2D eigenvalue weighted by Gasteiger charge is 2.54. The third-order valence-corrected chi connectivity index (χ3v) is 11.6. The second-order valence-electron chi connectivity index (χ2n) is 15.6. The highest BCUT2D eigenvalue weighted by atomic mass is 19.3. The average molecular weight is 727 g/mol. The number of carbonyl (C=O) groups excluding carboxylic acids is 2. The van der Waals surface area contributed by atoms with Crippen molar-refractivity contribution in [2.75, 3.05) is 0 Å². The number of benzene rings is 2. The van der Waals surface area contributed by atoms with Crippen molar-refractivity contribution in [2.45, 2.75) is 115 Å². The van der Waals surface area contributed by atoms with Gasteiger partial charge in [0.1, 0.15) is 11.6 Å². The van der Waals surface area contributed by atoms with Gasteiger partial charge in [-0.1, -0.05) is 30.3 Å². The Morgan fingerprint density at radius 2 is 1.15 bits per heavy atom. The summed E-state index contributed by atoms with van der Waals surface area (Å²) in [5.74, 6) is -5.52. The minimum atomic E-state index is -2.82. The van der Waals surface area contributed by atoms with E-state index in [1.54, 1.807) is 33.9 Å². The van der Waals surface area contributed by atoms with Gasteiger partial charge in [0.15, 0.2) is 0 Å². The van der Waals surface area contributed by atoms with E-state index in [0.717, 1.165) is 27.9 Å². The molecule has 0 radical (unpaired) electrons. The Morgan fingerprint density at radius 3 is 1.67 bits per heavy atom. The maximum absolute atomic E-state index is 13.7. The van der Waals surface area contributed by atoms with Crippen LogP contribution in [0.3, 0.4) is 0 Å². The molecule has 2 aromatic heterocycles. The Hall–Kier alpha value is -4.30. The number of aromatic nitrogens is 4. The zero-order valence-corrected chi connectivity index (χ0v) is 29.8. The van der Waals surface area contributed by atoms with Crippen molar-refractivity contribution in [2.24, 2.45) is 10.8 Å². The molecule has 2 aromatic carbocycles. The lowest BCUT2D eigenvalue weighted by molar-refractivity contribution is -0.168. The molecule has 0 saturated heterocycles. The van der Waals surface area contributed by atoms with Crippen LogP contribution >= 0.6 is 0 Å². The van der Waals surface area contributed by atoms with Gasteiger partial charge in [0.05, 0.1) is 58.0 Å². The van der Waals surface area contributed by atoms with E-state index in [1.807, 2.05) is 42.5 Å². The number of aromatic amines is 2. The van der Waals surface area contributed by atoms with Crippen molar-refractivity contribution in [3.05, 3.63) is 60.3 Å². The van der Waals surface area contributed by atoms with Gasteiger partial charge in [-0.3, -0.25) is 9.59 Å². The zero-order valence-electron chi connectivity index (χ0n) is 29.8. The van der Waals surface area contributed by atoms with Crippen molar-refractivity contribution in [1.29, 1.82) is 0 Å². The highest BCUT2D eigenvalue weighted by Crippen LogP contribution is 2.48. The lowest BCUT2D eigenvalue weighted by atomic mass is 9.66. The predicted octanol–water partition coefficient (Wildman–Crippen LogP) is 6.79. The smallest absolute Gasteiger partial charge is 0.248 e. The Labute approximate surface area is 299 Å². The molecule has 0 atom stereocenters. The van der Waals surface area contributed by atoms with E-state index in [9.17, 15) is 37.4 Å². The van der Waals surface area contributed by atoms with Gasteiger partial charge in [0, 0.05) is 25.7 Å². The number of hydrogen-bond acceptors (Lipinski definition) is 6. The lowest BCUT2D eigenvalue weighted by Gasteiger charge is -2.45. The van der Waals surface area contributed by atoms with Crippen LogP contribution in [0.25, 0.3) is 33.4 Å². The molecule has 0 aliphatic heterocycles. The van der Waals surface area contributed by atoms with Gasteiger partial charge in [-0.25, -0.2) is 27.5 Å². The first-order valence-corrected chi connectivity index (χ1v) is 17.6.